The molecule has 0 saturated carbocycles. The normalized spacial score (nSPS) is 20.5. The Labute approximate surface area is 105 Å². The maximum Gasteiger partial charge on any atom is 0.0627 e. The maximum absolute atomic E-state index is 6.12. The lowest BCUT2D eigenvalue weighted by molar-refractivity contribution is 0.892. The number of benzene rings is 1. The van der Waals surface area contributed by atoms with E-state index in [1.807, 2.05) is 12.1 Å². The fourth-order valence-corrected chi connectivity index (χ4v) is 2.50. The van der Waals surface area contributed by atoms with E-state index in [4.69, 9.17) is 34.8 Å². The topological polar surface area (TPSA) is 0 Å². The molecule has 2 rings (SSSR count). The third-order valence-corrected chi connectivity index (χ3v) is 3.81. The minimum Gasteiger partial charge on any atom is -0.118 e. The first-order valence-corrected chi connectivity index (χ1v) is 6.12. The van der Waals surface area contributed by atoms with Gasteiger partial charge in [0.25, 0.3) is 0 Å². The Hall–Kier alpha value is -0.170. The lowest BCUT2D eigenvalue weighted by Crippen LogP contribution is -1.89. The number of rotatable bonds is 2. The van der Waals surface area contributed by atoms with Gasteiger partial charge in [-0.05, 0) is 30.9 Å². The second-order valence-corrected chi connectivity index (χ2v) is 5.12. The van der Waals surface area contributed by atoms with Crippen molar-refractivity contribution in [3.05, 3.63) is 45.5 Å². The predicted octanol–water partition coefficient (Wildman–Crippen LogP) is 4.86. The third kappa shape index (κ3) is 2.69. The number of alkyl halides is 1. The first-order chi connectivity index (χ1) is 7.16. The van der Waals surface area contributed by atoms with Gasteiger partial charge in [-0.1, -0.05) is 47.0 Å². The lowest BCUT2D eigenvalue weighted by Gasteiger charge is -2.06. The molecule has 0 amide bonds. The van der Waals surface area contributed by atoms with Crippen molar-refractivity contribution in [2.24, 2.45) is 0 Å². The van der Waals surface area contributed by atoms with Crippen molar-refractivity contribution in [2.45, 2.75) is 24.6 Å². The molecule has 0 N–H and O–H groups in total. The van der Waals surface area contributed by atoms with Crippen LogP contribution < -0.4 is 0 Å². The summed E-state index contributed by atoms with van der Waals surface area (Å²) in [5, 5.41) is 1.48. The van der Waals surface area contributed by atoms with Crippen molar-refractivity contribution in [1.29, 1.82) is 0 Å². The molecule has 1 aliphatic carbocycles. The molecule has 0 nitrogen and oxygen atoms in total. The van der Waals surface area contributed by atoms with Crippen molar-refractivity contribution >= 4 is 34.8 Å². The quantitative estimate of drug-likeness (QED) is 0.527. The van der Waals surface area contributed by atoms with Crippen molar-refractivity contribution in [1.82, 2.24) is 0 Å². The first kappa shape index (κ1) is 11.3. The van der Waals surface area contributed by atoms with Crippen molar-refractivity contribution in [3.8, 4) is 0 Å². The third-order valence-electron chi connectivity index (χ3n) is 2.61. The van der Waals surface area contributed by atoms with Crippen LogP contribution in [0.4, 0.5) is 0 Å². The largest absolute Gasteiger partial charge is 0.118 e. The zero-order valence-electron chi connectivity index (χ0n) is 8.14. The summed E-state index contributed by atoms with van der Waals surface area (Å²) >= 11 is 18.1. The number of allylic oxidation sites excluding steroid dienone is 2. The molecular formula is C12H11Cl3. The number of hydrogen-bond acceptors (Lipinski definition) is 0. The molecule has 0 aliphatic heterocycles. The Kier molecular flexibility index (Phi) is 3.60. The van der Waals surface area contributed by atoms with Crippen LogP contribution in [0.15, 0.2) is 29.8 Å². The average Bonchev–Trinajstić information content (AvgIpc) is 2.59. The highest BCUT2D eigenvalue weighted by molar-refractivity contribution is 6.42. The Morgan fingerprint density at radius 2 is 2.07 bits per heavy atom. The smallest absolute Gasteiger partial charge is 0.0627 e. The molecule has 1 unspecified atom stereocenters. The van der Waals surface area contributed by atoms with E-state index in [9.17, 15) is 0 Å². The fourth-order valence-electron chi connectivity index (χ4n) is 1.82. The molecule has 0 heterocycles. The van der Waals surface area contributed by atoms with Gasteiger partial charge >= 0.3 is 0 Å². The van der Waals surface area contributed by atoms with Gasteiger partial charge in [-0.15, -0.1) is 11.6 Å². The molecule has 0 spiro atoms. The molecule has 0 saturated heterocycles. The summed E-state index contributed by atoms with van der Waals surface area (Å²) in [6, 6.07) is 5.74. The van der Waals surface area contributed by atoms with Crippen LogP contribution in [0.5, 0.6) is 0 Å². The highest BCUT2D eigenvalue weighted by atomic mass is 35.5. The van der Waals surface area contributed by atoms with Crippen molar-refractivity contribution in [2.75, 3.05) is 0 Å². The van der Waals surface area contributed by atoms with Crippen LogP contribution in [-0.4, -0.2) is 5.38 Å². The summed E-state index contributed by atoms with van der Waals surface area (Å²) < 4.78 is 0. The highest BCUT2D eigenvalue weighted by Crippen LogP contribution is 2.31. The van der Waals surface area contributed by atoms with Gasteiger partial charge in [0.15, 0.2) is 0 Å². The van der Waals surface area contributed by atoms with Crippen LogP contribution in [0.25, 0.3) is 0 Å². The van der Waals surface area contributed by atoms with Gasteiger partial charge in [0.05, 0.1) is 15.4 Å². The molecule has 0 aromatic heterocycles. The van der Waals surface area contributed by atoms with Gasteiger partial charge in [-0.25, -0.2) is 0 Å². The van der Waals surface area contributed by atoms with Crippen LogP contribution in [0.1, 0.15) is 18.4 Å². The molecule has 1 aromatic rings. The zero-order chi connectivity index (χ0) is 10.8. The summed E-state index contributed by atoms with van der Waals surface area (Å²) in [4.78, 5) is 0. The highest BCUT2D eigenvalue weighted by Gasteiger charge is 2.14. The summed E-state index contributed by atoms with van der Waals surface area (Å²) in [6.07, 6.45) is 5.09. The van der Waals surface area contributed by atoms with Gasteiger partial charge in [0, 0.05) is 0 Å². The van der Waals surface area contributed by atoms with Gasteiger partial charge in [0.2, 0.25) is 0 Å². The second kappa shape index (κ2) is 4.78. The molecule has 0 radical (unpaired) electrons. The standard InChI is InChI=1S/C12H11Cl3/c13-10-5-4-8(7-10)6-9-2-1-3-11(14)12(9)15/h1-3,7,10H,4-6H2. The Morgan fingerprint density at radius 1 is 1.27 bits per heavy atom. The molecule has 15 heavy (non-hydrogen) atoms. The van der Waals surface area contributed by atoms with Gasteiger partial charge in [-0.2, -0.15) is 0 Å². The van der Waals surface area contributed by atoms with E-state index in [0.717, 1.165) is 24.8 Å². The minimum atomic E-state index is 0.193. The van der Waals surface area contributed by atoms with E-state index in [-0.39, 0.29) is 5.38 Å². The number of halogens is 3. The predicted molar refractivity (Wildman–Crippen MR) is 67.1 cm³/mol. The van der Waals surface area contributed by atoms with Crippen LogP contribution >= 0.6 is 34.8 Å². The number of hydrogen-bond donors (Lipinski definition) is 0. The molecule has 1 aliphatic rings. The van der Waals surface area contributed by atoms with E-state index in [1.54, 1.807) is 6.07 Å². The Morgan fingerprint density at radius 3 is 2.73 bits per heavy atom. The van der Waals surface area contributed by atoms with Crippen LogP contribution in [0.2, 0.25) is 10.0 Å². The van der Waals surface area contributed by atoms with E-state index in [2.05, 4.69) is 6.08 Å². The van der Waals surface area contributed by atoms with Gasteiger partial charge < -0.3 is 0 Å². The summed E-state index contributed by atoms with van der Waals surface area (Å²) in [5.41, 5.74) is 2.44. The Balaban J connectivity index is 2.18. The Bertz CT molecular complexity index is 396. The average molecular weight is 262 g/mol. The van der Waals surface area contributed by atoms with Crippen LogP contribution in [0, 0.1) is 0 Å². The SMILES string of the molecule is Clc1cccc(CC2=CC(Cl)CC2)c1Cl. The van der Waals surface area contributed by atoms with E-state index < -0.39 is 0 Å². The molecule has 3 heteroatoms. The van der Waals surface area contributed by atoms with Crippen LogP contribution in [0.3, 0.4) is 0 Å². The molecule has 80 valence electrons. The molecule has 1 atom stereocenters. The summed E-state index contributed by atoms with van der Waals surface area (Å²) in [5.74, 6) is 0. The molecular weight excluding hydrogens is 250 g/mol. The van der Waals surface area contributed by atoms with Crippen molar-refractivity contribution in [3.63, 3.8) is 0 Å². The van der Waals surface area contributed by atoms with Crippen LogP contribution in [-0.2, 0) is 6.42 Å². The summed E-state index contributed by atoms with van der Waals surface area (Å²) in [7, 11) is 0. The second-order valence-electron chi connectivity index (χ2n) is 3.77. The van der Waals surface area contributed by atoms with Gasteiger partial charge in [0.1, 0.15) is 0 Å². The van der Waals surface area contributed by atoms with Gasteiger partial charge in [-0.3, -0.25) is 0 Å². The summed E-state index contributed by atoms with van der Waals surface area (Å²) in [6.45, 7) is 0. The van der Waals surface area contributed by atoms with Crippen molar-refractivity contribution < 1.29 is 0 Å². The van der Waals surface area contributed by atoms with E-state index in [0.29, 0.717) is 10.0 Å². The lowest BCUT2D eigenvalue weighted by atomic mass is 10.0. The van der Waals surface area contributed by atoms with E-state index >= 15 is 0 Å². The molecule has 0 bridgehead atoms. The fraction of sp³-hybridized carbons (Fsp3) is 0.333. The zero-order valence-corrected chi connectivity index (χ0v) is 10.4. The molecule has 1 aromatic carbocycles. The monoisotopic (exact) mass is 260 g/mol. The van der Waals surface area contributed by atoms with E-state index in [1.165, 1.54) is 5.57 Å². The first-order valence-electron chi connectivity index (χ1n) is 4.93. The maximum atomic E-state index is 6.12. The minimum absolute atomic E-state index is 0.193. The molecule has 0 fully saturated rings.